The van der Waals surface area contributed by atoms with E-state index in [4.69, 9.17) is 14.5 Å². The second kappa shape index (κ2) is 10.4. The smallest absolute Gasteiger partial charge is 0.344 e. The number of urea groups is 1. The lowest BCUT2D eigenvalue weighted by Gasteiger charge is -2.13. The van der Waals surface area contributed by atoms with Crippen LogP contribution in [0.3, 0.4) is 0 Å². The Labute approximate surface area is 195 Å². The molecular weight excluding hydrogens is 437 g/mol. The van der Waals surface area contributed by atoms with Crippen LogP contribution in [-0.2, 0) is 9.53 Å². The molecule has 8 heteroatoms. The van der Waals surface area contributed by atoms with Crippen molar-refractivity contribution in [3.8, 4) is 17.0 Å². The number of esters is 1. The predicted octanol–water partition coefficient (Wildman–Crippen LogP) is 5.63. The minimum absolute atomic E-state index is 0.0633. The molecule has 0 aliphatic heterocycles. The zero-order valence-corrected chi connectivity index (χ0v) is 18.4. The van der Waals surface area contributed by atoms with Gasteiger partial charge in [0.15, 0.2) is 6.61 Å². The number of nitrogens with zero attached hydrogens (tertiary/aromatic N) is 1. The molecule has 3 aromatic carbocycles. The van der Waals surface area contributed by atoms with Crippen LogP contribution in [0, 0.1) is 5.82 Å². The standard InChI is InChI=1S/C26H22FN3O4/c1-2-33-25(31)16-34-24-15-23(17-8-4-3-5-9-17)29-21-13-12-18(14-19(21)24)28-26(32)30-22-11-7-6-10-20(22)27/h3-15H,2,16H2,1H3,(H2,28,30,32). The van der Waals surface area contributed by atoms with E-state index in [0.717, 1.165) is 5.56 Å². The molecule has 0 saturated heterocycles. The number of para-hydroxylation sites is 1. The fraction of sp³-hybridized carbons (Fsp3) is 0.115. The predicted molar refractivity (Wildman–Crippen MR) is 128 cm³/mol. The van der Waals surface area contributed by atoms with Crippen molar-refractivity contribution in [2.45, 2.75) is 6.92 Å². The minimum Gasteiger partial charge on any atom is -0.481 e. The average molecular weight is 459 g/mol. The topological polar surface area (TPSA) is 89.6 Å². The highest BCUT2D eigenvalue weighted by Crippen LogP contribution is 2.32. The Morgan fingerprint density at radius 3 is 2.47 bits per heavy atom. The van der Waals surface area contributed by atoms with Gasteiger partial charge in [0.1, 0.15) is 11.6 Å². The number of carbonyl (C=O) groups excluding carboxylic acids is 2. The van der Waals surface area contributed by atoms with Crippen molar-refractivity contribution in [3.63, 3.8) is 0 Å². The Hall–Kier alpha value is -4.46. The summed E-state index contributed by atoms with van der Waals surface area (Å²) in [6.45, 7) is 1.70. The fourth-order valence-corrected chi connectivity index (χ4v) is 3.34. The number of nitrogens with one attached hydrogen (secondary N) is 2. The average Bonchev–Trinajstić information content (AvgIpc) is 2.84. The number of carbonyl (C=O) groups is 2. The third-order valence-electron chi connectivity index (χ3n) is 4.87. The molecule has 0 radical (unpaired) electrons. The van der Waals surface area contributed by atoms with Crippen LogP contribution in [0.15, 0.2) is 78.9 Å². The molecule has 0 unspecified atom stereocenters. The number of benzene rings is 3. The van der Waals surface area contributed by atoms with Crippen LogP contribution in [-0.4, -0.2) is 30.2 Å². The summed E-state index contributed by atoms with van der Waals surface area (Å²) in [5, 5.41) is 5.74. The molecule has 7 nitrogen and oxygen atoms in total. The second-order valence-electron chi connectivity index (χ2n) is 7.26. The normalized spacial score (nSPS) is 10.5. The first-order valence-electron chi connectivity index (χ1n) is 10.6. The van der Waals surface area contributed by atoms with Gasteiger partial charge in [0.2, 0.25) is 0 Å². The van der Waals surface area contributed by atoms with Crippen molar-refractivity contribution >= 4 is 34.3 Å². The molecule has 34 heavy (non-hydrogen) atoms. The fourth-order valence-electron chi connectivity index (χ4n) is 3.34. The summed E-state index contributed by atoms with van der Waals surface area (Å²) < 4.78 is 24.6. The highest BCUT2D eigenvalue weighted by molar-refractivity contribution is 6.01. The van der Waals surface area contributed by atoms with Crippen molar-refractivity contribution in [3.05, 3.63) is 84.7 Å². The van der Waals surface area contributed by atoms with Gasteiger partial charge in [-0.15, -0.1) is 0 Å². The van der Waals surface area contributed by atoms with Gasteiger partial charge in [-0.05, 0) is 37.3 Å². The van der Waals surface area contributed by atoms with E-state index in [9.17, 15) is 14.0 Å². The van der Waals surface area contributed by atoms with Crippen molar-refractivity contribution in [1.29, 1.82) is 0 Å². The molecule has 4 aromatic rings. The van der Waals surface area contributed by atoms with E-state index < -0.39 is 17.8 Å². The number of fused-ring (bicyclic) bond motifs is 1. The maximum atomic E-state index is 13.8. The first-order valence-corrected chi connectivity index (χ1v) is 10.6. The third-order valence-corrected chi connectivity index (χ3v) is 4.87. The van der Waals surface area contributed by atoms with Gasteiger partial charge in [0.05, 0.1) is 23.5 Å². The Bertz CT molecular complexity index is 1330. The molecule has 0 atom stereocenters. The summed E-state index contributed by atoms with van der Waals surface area (Å²) in [6, 6.07) is 21.7. The molecule has 0 saturated carbocycles. The number of pyridine rings is 1. The van der Waals surface area contributed by atoms with Gasteiger partial charge < -0.3 is 20.1 Å². The van der Waals surface area contributed by atoms with E-state index in [-0.39, 0.29) is 18.9 Å². The summed E-state index contributed by atoms with van der Waals surface area (Å²) in [6.07, 6.45) is 0. The quantitative estimate of drug-likeness (QED) is 0.350. The largest absolute Gasteiger partial charge is 0.481 e. The van der Waals surface area contributed by atoms with Crippen LogP contribution in [0.2, 0.25) is 0 Å². The zero-order chi connectivity index (χ0) is 23.9. The van der Waals surface area contributed by atoms with E-state index in [1.165, 1.54) is 18.2 Å². The van der Waals surface area contributed by atoms with Gasteiger partial charge in [-0.2, -0.15) is 0 Å². The lowest BCUT2D eigenvalue weighted by Crippen LogP contribution is -2.20. The van der Waals surface area contributed by atoms with Crippen LogP contribution < -0.4 is 15.4 Å². The Balaban J connectivity index is 1.64. The molecule has 0 fully saturated rings. The third kappa shape index (κ3) is 5.47. The lowest BCUT2D eigenvalue weighted by atomic mass is 10.1. The molecular formula is C26H22FN3O4. The van der Waals surface area contributed by atoms with Crippen LogP contribution in [0.25, 0.3) is 22.2 Å². The highest BCUT2D eigenvalue weighted by Gasteiger charge is 2.13. The van der Waals surface area contributed by atoms with Crippen LogP contribution in [0.5, 0.6) is 5.75 Å². The minimum atomic E-state index is -0.604. The van der Waals surface area contributed by atoms with E-state index in [1.807, 2.05) is 30.3 Å². The molecule has 2 N–H and O–H groups in total. The molecule has 172 valence electrons. The summed E-state index contributed by atoms with van der Waals surface area (Å²) in [4.78, 5) is 28.9. The molecule has 0 aliphatic carbocycles. The Kier molecular flexibility index (Phi) is 6.98. The van der Waals surface area contributed by atoms with Crippen molar-refractivity contribution < 1.29 is 23.5 Å². The molecule has 1 heterocycles. The zero-order valence-electron chi connectivity index (χ0n) is 18.4. The molecule has 2 amide bonds. The first-order chi connectivity index (χ1) is 16.5. The molecule has 0 spiro atoms. The van der Waals surface area contributed by atoms with E-state index >= 15 is 0 Å². The van der Waals surface area contributed by atoms with Gasteiger partial charge in [0, 0.05) is 22.7 Å². The number of anilines is 2. The number of hydrogen-bond acceptors (Lipinski definition) is 5. The SMILES string of the molecule is CCOC(=O)COc1cc(-c2ccccc2)nc2ccc(NC(=O)Nc3ccccc3F)cc12. The number of rotatable bonds is 7. The molecule has 4 rings (SSSR count). The van der Waals surface area contributed by atoms with E-state index in [0.29, 0.717) is 28.0 Å². The van der Waals surface area contributed by atoms with Crippen molar-refractivity contribution in [1.82, 2.24) is 4.98 Å². The number of ether oxygens (including phenoxy) is 2. The van der Waals surface area contributed by atoms with Gasteiger partial charge in [-0.3, -0.25) is 0 Å². The van der Waals surface area contributed by atoms with Gasteiger partial charge >= 0.3 is 12.0 Å². The number of hydrogen-bond donors (Lipinski definition) is 2. The second-order valence-corrected chi connectivity index (χ2v) is 7.26. The summed E-state index contributed by atoms with van der Waals surface area (Å²) in [7, 11) is 0. The summed E-state index contributed by atoms with van der Waals surface area (Å²) in [5.74, 6) is -0.620. The van der Waals surface area contributed by atoms with Crippen LogP contribution >= 0.6 is 0 Å². The van der Waals surface area contributed by atoms with Gasteiger partial charge in [-0.1, -0.05) is 42.5 Å². The number of aromatic nitrogens is 1. The summed E-state index contributed by atoms with van der Waals surface area (Å²) in [5.41, 5.74) is 2.67. The van der Waals surface area contributed by atoms with E-state index in [1.54, 1.807) is 37.3 Å². The summed E-state index contributed by atoms with van der Waals surface area (Å²) >= 11 is 0. The number of amides is 2. The molecule has 1 aromatic heterocycles. The number of halogens is 1. The van der Waals surface area contributed by atoms with Crippen molar-refractivity contribution in [2.24, 2.45) is 0 Å². The van der Waals surface area contributed by atoms with Crippen LogP contribution in [0.4, 0.5) is 20.6 Å². The Morgan fingerprint density at radius 1 is 0.941 bits per heavy atom. The lowest BCUT2D eigenvalue weighted by molar-refractivity contribution is -0.145. The Morgan fingerprint density at radius 2 is 1.71 bits per heavy atom. The monoisotopic (exact) mass is 459 g/mol. The highest BCUT2D eigenvalue weighted by atomic mass is 19.1. The van der Waals surface area contributed by atoms with Gasteiger partial charge in [0.25, 0.3) is 0 Å². The first kappa shape index (κ1) is 22.7. The van der Waals surface area contributed by atoms with E-state index in [2.05, 4.69) is 10.6 Å². The van der Waals surface area contributed by atoms with Gasteiger partial charge in [-0.25, -0.2) is 19.0 Å². The maximum absolute atomic E-state index is 13.8. The van der Waals surface area contributed by atoms with Crippen LogP contribution in [0.1, 0.15) is 6.92 Å². The maximum Gasteiger partial charge on any atom is 0.344 e. The van der Waals surface area contributed by atoms with Crippen molar-refractivity contribution in [2.75, 3.05) is 23.8 Å². The molecule has 0 bridgehead atoms. The molecule has 0 aliphatic rings.